The molecule has 2 rings (SSSR count). The number of hydrogen-bond acceptors (Lipinski definition) is 2. The second-order valence-electron chi connectivity index (χ2n) is 3.51. The molecule has 0 aliphatic heterocycles. The molecule has 0 saturated carbocycles. The molecule has 2 aromatic rings. The van der Waals surface area contributed by atoms with Crippen LogP contribution in [0.15, 0.2) is 36.7 Å². The monoisotopic (exact) mass is 200 g/mol. The van der Waals surface area contributed by atoms with E-state index < -0.39 is 0 Å². The number of H-pyrrole nitrogens is 1. The molecule has 1 aromatic carbocycles. The fourth-order valence-corrected chi connectivity index (χ4v) is 1.49. The first kappa shape index (κ1) is 9.65. The molecule has 0 aliphatic rings. The minimum Gasteiger partial charge on any atom is -0.294 e. The maximum absolute atomic E-state index is 11.8. The van der Waals surface area contributed by atoms with Crippen molar-refractivity contribution in [3.63, 3.8) is 0 Å². The Labute approximate surface area is 88.1 Å². The Balaban J connectivity index is 2.17. The standard InChI is InChI=1S/C12H12N2O/c1-9-4-2-3-5-10(9)6-12(15)11-7-13-14-8-11/h2-5,7-8H,6H2,1H3,(H,13,14). The number of carbonyl (C=O) groups is 1. The molecule has 0 aliphatic carbocycles. The van der Waals surface area contributed by atoms with Crippen LogP contribution < -0.4 is 0 Å². The Morgan fingerprint density at radius 1 is 1.40 bits per heavy atom. The van der Waals surface area contributed by atoms with E-state index in [9.17, 15) is 4.79 Å². The summed E-state index contributed by atoms with van der Waals surface area (Å²) in [6.07, 6.45) is 3.62. The summed E-state index contributed by atoms with van der Waals surface area (Å²) in [5, 5.41) is 6.40. The van der Waals surface area contributed by atoms with Crippen molar-refractivity contribution in [3.8, 4) is 0 Å². The van der Waals surface area contributed by atoms with E-state index in [0.717, 1.165) is 11.1 Å². The van der Waals surface area contributed by atoms with Crippen LogP contribution >= 0.6 is 0 Å². The summed E-state index contributed by atoms with van der Waals surface area (Å²) in [5.74, 6) is 0.0954. The van der Waals surface area contributed by atoms with Gasteiger partial charge in [0.2, 0.25) is 0 Å². The molecular weight excluding hydrogens is 188 g/mol. The number of ketones is 1. The Hall–Kier alpha value is -1.90. The number of nitrogens with zero attached hydrogens (tertiary/aromatic N) is 1. The quantitative estimate of drug-likeness (QED) is 0.771. The van der Waals surface area contributed by atoms with E-state index in [4.69, 9.17) is 0 Å². The van der Waals surface area contributed by atoms with Gasteiger partial charge in [-0.25, -0.2) is 0 Å². The van der Waals surface area contributed by atoms with E-state index in [1.54, 1.807) is 12.4 Å². The minimum atomic E-state index is 0.0954. The first-order valence-corrected chi connectivity index (χ1v) is 4.84. The van der Waals surface area contributed by atoms with Gasteiger partial charge in [-0.3, -0.25) is 9.89 Å². The maximum atomic E-state index is 11.8. The first-order chi connectivity index (χ1) is 7.27. The lowest BCUT2D eigenvalue weighted by Crippen LogP contribution is -2.03. The average molecular weight is 200 g/mol. The lowest BCUT2D eigenvalue weighted by molar-refractivity contribution is 0.0993. The van der Waals surface area contributed by atoms with Gasteiger partial charge >= 0.3 is 0 Å². The molecule has 0 bridgehead atoms. The number of rotatable bonds is 3. The lowest BCUT2D eigenvalue weighted by atomic mass is 10.0. The van der Waals surface area contributed by atoms with E-state index >= 15 is 0 Å². The molecule has 3 nitrogen and oxygen atoms in total. The summed E-state index contributed by atoms with van der Waals surface area (Å²) >= 11 is 0. The number of benzene rings is 1. The van der Waals surface area contributed by atoms with Crippen molar-refractivity contribution in [2.75, 3.05) is 0 Å². The summed E-state index contributed by atoms with van der Waals surface area (Å²) in [7, 11) is 0. The van der Waals surface area contributed by atoms with Crippen molar-refractivity contribution >= 4 is 5.78 Å². The van der Waals surface area contributed by atoms with Gasteiger partial charge in [0.25, 0.3) is 0 Å². The van der Waals surface area contributed by atoms with Crippen LogP contribution in [0.5, 0.6) is 0 Å². The third-order valence-electron chi connectivity index (χ3n) is 2.43. The maximum Gasteiger partial charge on any atom is 0.170 e. The highest BCUT2D eigenvalue weighted by molar-refractivity contribution is 5.97. The van der Waals surface area contributed by atoms with Crippen LogP contribution in [-0.2, 0) is 6.42 Å². The number of aromatic nitrogens is 2. The van der Waals surface area contributed by atoms with Gasteiger partial charge in [0, 0.05) is 12.6 Å². The van der Waals surface area contributed by atoms with Crippen molar-refractivity contribution in [1.82, 2.24) is 10.2 Å². The highest BCUT2D eigenvalue weighted by Crippen LogP contribution is 2.10. The summed E-state index contributed by atoms with van der Waals surface area (Å²) < 4.78 is 0. The molecule has 3 heteroatoms. The fourth-order valence-electron chi connectivity index (χ4n) is 1.49. The number of hydrogen-bond donors (Lipinski definition) is 1. The van der Waals surface area contributed by atoms with Crippen molar-refractivity contribution in [3.05, 3.63) is 53.3 Å². The first-order valence-electron chi connectivity index (χ1n) is 4.84. The average Bonchev–Trinajstić information content (AvgIpc) is 2.74. The summed E-state index contributed by atoms with van der Waals surface area (Å²) in [6.45, 7) is 2.01. The van der Waals surface area contributed by atoms with Crippen molar-refractivity contribution in [2.24, 2.45) is 0 Å². The third kappa shape index (κ3) is 2.13. The number of nitrogens with one attached hydrogen (secondary N) is 1. The minimum absolute atomic E-state index is 0.0954. The molecule has 1 heterocycles. The van der Waals surface area contributed by atoms with Crippen LogP contribution in [0.2, 0.25) is 0 Å². The van der Waals surface area contributed by atoms with Gasteiger partial charge in [0.15, 0.2) is 5.78 Å². The van der Waals surface area contributed by atoms with Crippen molar-refractivity contribution in [2.45, 2.75) is 13.3 Å². The van der Waals surface area contributed by atoms with Crippen LogP contribution in [0.25, 0.3) is 0 Å². The summed E-state index contributed by atoms with van der Waals surface area (Å²) in [5.41, 5.74) is 2.86. The molecule has 15 heavy (non-hydrogen) atoms. The predicted molar refractivity (Wildman–Crippen MR) is 57.8 cm³/mol. The van der Waals surface area contributed by atoms with Crippen LogP contribution in [0.3, 0.4) is 0 Å². The summed E-state index contributed by atoms with van der Waals surface area (Å²) in [4.78, 5) is 11.8. The van der Waals surface area contributed by atoms with Crippen LogP contribution in [-0.4, -0.2) is 16.0 Å². The molecule has 0 atom stereocenters. The lowest BCUT2D eigenvalue weighted by Gasteiger charge is -2.02. The fraction of sp³-hybridized carbons (Fsp3) is 0.167. The van der Waals surface area contributed by atoms with Crippen LogP contribution in [0.4, 0.5) is 0 Å². The SMILES string of the molecule is Cc1ccccc1CC(=O)c1cn[nH]c1. The second-order valence-corrected chi connectivity index (χ2v) is 3.51. The topological polar surface area (TPSA) is 45.8 Å². The van der Waals surface area contributed by atoms with Crippen LogP contribution in [0.1, 0.15) is 21.5 Å². The van der Waals surface area contributed by atoms with Gasteiger partial charge in [0.1, 0.15) is 0 Å². The normalized spacial score (nSPS) is 10.2. The molecule has 0 fully saturated rings. The van der Waals surface area contributed by atoms with Crippen molar-refractivity contribution in [1.29, 1.82) is 0 Å². The Morgan fingerprint density at radius 3 is 2.87 bits per heavy atom. The molecule has 0 unspecified atom stereocenters. The molecule has 0 amide bonds. The van der Waals surface area contributed by atoms with Crippen molar-refractivity contribution < 1.29 is 4.79 Å². The van der Waals surface area contributed by atoms with Gasteiger partial charge < -0.3 is 0 Å². The number of aromatic amines is 1. The van der Waals surface area contributed by atoms with Gasteiger partial charge in [-0.1, -0.05) is 24.3 Å². The van der Waals surface area contributed by atoms with Gasteiger partial charge in [-0.15, -0.1) is 0 Å². The molecule has 0 spiro atoms. The Morgan fingerprint density at radius 2 is 2.20 bits per heavy atom. The van der Waals surface area contributed by atoms with E-state index in [0.29, 0.717) is 12.0 Å². The molecule has 76 valence electrons. The smallest absolute Gasteiger partial charge is 0.170 e. The molecule has 1 aromatic heterocycles. The number of Topliss-reactive ketones (excluding diaryl/α,β-unsaturated/α-hetero) is 1. The Bertz CT molecular complexity index is 460. The highest BCUT2D eigenvalue weighted by Gasteiger charge is 2.08. The zero-order chi connectivity index (χ0) is 10.7. The number of carbonyl (C=O) groups excluding carboxylic acids is 1. The van der Waals surface area contributed by atoms with Crippen LogP contribution in [0, 0.1) is 6.92 Å². The zero-order valence-electron chi connectivity index (χ0n) is 8.53. The van der Waals surface area contributed by atoms with Gasteiger partial charge in [0.05, 0.1) is 11.8 Å². The van der Waals surface area contributed by atoms with Gasteiger partial charge in [-0.05, 0) is 18.1 Å². The van der Waals surface area contributed by atoms with Gasteiger partial charge in [-0.2, -0.15) is 5.10 Å². The highest BCUT2D eigenvalue weighted by atomic mass is 16.1. The van der Waals surface area contributed by atoms with E-state index in [-0.39, 0.29) is 5.78 Å². The molecule has 0 saturated heterocycles. The third-order valence-corrected chi connectivity index (χ3v) is 2.43. The summed E-state index contributed by atoms with van der Waals surface area (Å²) in [6, 6.07) is 7.91. The number of aryl methyl sites for hydroxylation is 1. The Kier molecular flexibility index (Phi) is 2.63. The molecular formula is C12H12N2O. The second kappa shape index (κ2) is 4.09. The van der Waals surface area contributed by atoms with E-state index in [2.05, 4.69) is 10.2 Å². The largest absolute Gasteiger partial charge is 0.294 e. The molecule has 0 radical (unpaired) electrons. The van der Waals surface area contributed by atoms with E-state index in [1.807, 2.05) is 31.2 Å². The predicted octanol–water partition coefficient (Wildman–Crippen LogP) is 2.14. The van der Waals surface area contributed by atoms with E-state index in [1.165, 1.54) is 0 Å². The molecule has 1 N–H and O–H groups in total. The zero-order valence-corrected chi connectivity index (χ0v) is 8.53.